The lowest BCUT2D eigenvalue weighted by Crippen LogP contribution is -2.02. The topological polar surface area (TPSA) is 95.6 Å². The molecule has 0 aromatic heterocycles. The molecule has 0 saturated carbocycles. The second-order valence-electron chi connectivity index (χ2n) is 4.09. The predicted octanol–water partition coefficient (Wildman–Crippen LogP) is 3.27. The van der Waals surface area contributed by atoms with Crippen molar-refractivity contribution in [2.75, 3.05) is 5.32 Å². The van der Waals surface area contributed by atoms with Crippen LogP contribution in [-0.2, 0) is 6.54 Å². The number of phenols is 2. The number of hydrogen-bond donors (Lipinski definition) is 3. The summed E-state index contributed by atoms with van der Waals surface area (Å²) in [4.78, 5) is 10.4. The Morgan fingerprint density at radius 3 is 2.60 bits per heavy atom. The maximum atomic E-state index is 10.9. The average Bonchev–Trinajstić information content (AvgIpc) is 2.38. The molecule has 0 aliphatic carbocycles. The molecule has 6 nitrogen and oxygen atoms in total. The number of aromatic hydroxyl groups is 2. The van der Waals surface area contributed by atoms with E-state index in [0.717, 1.165) is 0 Å². The van der Waals surface area contributed by atoms with Crippen LogP contribution >= 0.6 is 11.6 Å². The van der Waals surface area contributed by atoms with Crippen LogP contribution in [0.25, 0.3) is 0 Å². The van der Waals surface area contributed by atoms with Gasteiger partial charge in [-0.2, -0.15) is 0 Å². The van der Waals surface area contributed by atoms with Gasteiger partial charge in [-0.1, -0.05) is 11.6 Å². The van der Waals surface area contributed by atoms with E-state index in [0.29, 0.717) is 11.3 Å². The van der Waals surface area contributed by atoms with Gasteiger partial charge in [-0.05, 0) is 24.3 Å². The fourth-order valence-electron chi connectivity index (χ4n) is 1.70. The van der Waals surface area contributed by atoms with Crippen molar-refractivity contribution in [1.82, 2.24) is 0 Å². The van der Waals surface area contributed by atoms with Crippen molar-refractivity contribution in [3.8, 4) is 11.5 Å². The molecule has 2 aromatic carbocycles. The summed E-state index contributed by atoms with van der Waals surface area (Å²) in [5.74, 6) is -0.141. The summed E-state index contributed by atoms with van der Waals surface area (Å²) in [5, 5.41) is 32.9. The van der Waals surface area contributed by atoms with Crippen LogP contribution in [0.5, 0.6) is 11.5 Å². The normalized spacial score (nSPS) is 10.2. The Kier molecular flexibility index (Phi) is 3.95. The largest absolute Gasteiger partial charge is 0.508 e. The number of rotatable bonds is 4. The van der Waals surface area contributed by atoms with E-state index in [9.17, 15) is 20.3 Å². The molecule has 0 radical (unpaired) electrons. The first kappa shape index (κ1) is 14.0. The number of nitrogens with zero attached hydrogens (tertiary/aromatic N) is 1. The first-order chi connectivity index (χ1) is 9.47. The number of phenolic OH excluding ortho intramolecular Hbond substituents is 2. The van der Waals surface area contributed by atoms with E-state index in [4.69, 9.17) is 11.6 Å². The number of nitro benzene ring substituents is 1. The number of nitro groups is 1. The highest BCUT2D eigenvalue weighted by Crippen LogP contribution is 2.29. The number of halogens is 1. The molecule has 0 atom stereocenters. The maximum absolute atomic E-state index is 10.9. The monoisotopic (exact) mass is 294 g/mol. The molecule has 2 aromatic rings. The molecule has 2 rings (SSSR count). The van der Waals surface area contributed by atoms with E-state index in [1.54, 1.807) is 0 Å². The molecule has 0 heterocycles. The molecule has 3 N–H and O–H groups in total. The molecular weight excluding hydrogens is 284 g/mol. The van der Waals surface area contributed by atoms with Crippen LogP contribution < -0.4 is 5.32 Å². The molecule has 0 saturated heterocycles. The Morgan fingerprint density at radius 2 is 1.95 bits per heavy atom. The Labute approximate surface area is 119 Å². The maximum Gasteiger partial charge on any atom is 0.293 e. The molecule has 0 spiro atoms. The number of hydrogen-bond acceptors (Lipinski definition) is 5. The second kappa shape index (κ2) is 5.66. The zero-order valence-corrected chi connectivity index (χ0v) is 11.0. The lowest BCUT2D eigenvalue weighted by molar-refractivity contribution is -0.383. The van der Waals surface area contributed by atoms with Crippen molar-refractivity contribution in [2.24, 2.45) is 0 Å². The molecule has 0 aliphatic heterocycles. The molecule has 0 bridgehead atoms. The third-order valence-electron chi connectivity index (χ3n) is 2.69. The summed E-state index contributed by atoms with van der Waals surface area (Å²) in [6, 6.07) is 8.44. The summed E-state index contributed by atoms with van der Waals surface area (Å²) in [6.07, 6.45) is 0. The van der Waals surface area contributed by atoms with Crippen molar-refractivity contribution in [3.63, 3.8) is 0 Å². The first-order valence-electron chi connectivity index (χ1n) is 5.66. The van der Waals surface area contributed by atoms with Gasteiger partial charge in [-0.15, -0.1) is 0 Å². The zero-order chi connectivity index (χ0) is 14.7. The van der Waals surface area contributed by atoms with Crippen LogP contribution in [0.1, 0.15) is 5.56 Å². The van der Waals surface area contributed by atoms with Crippen molar-refractivity contribution in [1.29, 1.82) is 0 Å². The first-order valence-corrected chi connectivity index (χ1v) is 6.04. The SMILES string of the molecule is O=[N+]([O-])c1cc(Cl)ccc1NCc1ccc(O)cc1O. The van der Waals surface area contributed by atoms with Crippen LogP contribution in [0.2, 0.25) is 5.02 Å². The van der Waals surface area contributed by atoms with Crippen LogP contribution in [0.15, 0.2) is 36.4 Å². The molecule has 0 unspecified atom stereocenters. The van der Waals surface area contributed by atoms with Crippen molar-refractivity contribution in [3.05, 3.63) is 57.1 Å². The zero-order valence-electron chi connectivity index (χ0n) is 10.2. The highest BCUT2D eigenvalue weighted by Gasteiger charge is 2.14. The van der Waals surface area contributed by atoms with Crippen LogP contribution in [0.3, 0.4) is 0 Å². The lowest BCUT2D eigenvalue weighted by atomic mass is 10.2. The predicted molar refractivity (Wildman–Crippen MR) is 75.2 cm³/mol. The van der Waals surface area contributed by atoms with E-state index in [2.05, 4.69) is 5.32 Å². The van der Waals surface area contributed by atoms with Crippen molar-refractivity contribution < 1.29 is 15.1 Å². The van der Waals surface area contributed by atoms with Crippen LogP contribution in [-0.4, -0.2) is 15.1 Å². The van der Waals surface area contributed by atoms with Crippen LogP contribution in [0, 0.1) is 10.1 Å². The molecule has 104 valence electrons. The summed E-state index contributed by atoms with van der Waals surface area (Å²) in [5.41, 5.74) is 0.662. The van der Waals surface area contributed by atoms with E-state index >= 15 is 0 Å². The molecule has 20 heavy (non-hydrogen) atoms. The number of benzene rings is 2. The average molecular weight is 295 g/mol. The van der Waals surface area contributed by atoms with E-state index in [-0.39, 0.29) is 28.8 Å². The van der Waals surface area contributed by atoms with Crippen LogP contribution in [0.4, 0.5) is 11.4 Å². The fourth-order valence-corrected chi connectivity index (χ4v) is 1.86. The van der Waals surface area contributed by atoms with Gasteiger partial charge in [-0.3, -0.25) is 10.1 Å². The van der Waals surface area contributed by atoms with Crippen molar-refractivity contribution in [2.45, 2.75) is 6.54 Å². The van der Waals surface area contributed by atoms with Gasteiger partial charge in [0.25, 0.3) is 5.69 Å². The summed E-state index contributed by atoms with van der Waals surface area (Å²) >= 11 is 5.72. The molecule has 7 heteroatoms. The minimum atomic E-state index is -0.537. The van der Waals surface area contributed by atoms with E-state index in [1.807, 2.05) is 0 Å². The van der Waals surface area contributed by atoms with Gasteiger partial charge in [0.1, 0.15) is 17.2 Å². The Hall–Kier alpha value is -2.47. The van der Waals surface area contributed by atoms with Gasteiger partial charge < -0.3 is 15.5 Å². The smallest absolute Gasteiger partial charge is 0.293 e. The number of anilines is 1. The van der Waals surface area contributed by atoms with Gasteiger partial charge in [0.2, 0.25) is 0 Å². The number of nitrogens with one attached hydrogen (secondary N) is 1. The lowest BCUT2D eigenvalue weighted by Gasteiger charge is -2.09. The quantitative estimate of drug-likeness (QED) is 0.594. The Morgan fingerprint density at radius 1 is 1.20 bits per heavy atom. The van der Waals surface area contributed by atoms with E-state index < -0.39 is 4.92 Å². The fraction of sp³-hybridized carbons (Fsp3) is 0.0769. The Bertz CT molecular complexity index is 661. The highest BCUT2D eigenvalue weighted by atomic mass is 35.5. The minimum absolute atomic E-state index is 0.0521. The van der Waals surface area contributed by atoms with Crippen molar-refractivity contribution >= 4 is 23.0 Å². The Balaban J connectivity index is 2.20. The summed E-state index contributed by atoms with van der Waals surface area (Å²) < 4.78 is 0. The van der Waals surface area contributed by atoms with Gasteiger partial charge in [0, 0.05) is 29.3 Å². The molecule has 0 fully saturated rings. The van der Waals surface area contributed by atoms with Gasteiger partial charge >= 0.3 is 0 Å². The molecule has 0 amide bonds. The second-order valence-corrected chi connectivity index (χ2v) is 4.52. The highest BCUT2D eigenvalue weighted by molar-refractivity contribution is 6.30. The van der Waals surface area contributed by atoms with E-state index in [1.165, 1.54) is 36.4 Å². The summed E-state index contributed by atoms with van der Waals surface area (Å²) in [6.45, 7) is 0.175. The van der Waals surface area contributed by atoms with Gasteiger partial charge in [0.05, 0.1) is 4.92 Å². The molecular formula is C13H11ClN2O4. The molecule has 0 aliphatic rings. The summed E-state index contributed by atoms with van der Waals surface area (Å²) in [7, 11) is 0. The van der Waals surface area contributed by atoms with Gasteiger partial charge in [-0.25, -0.2) is 0 Å². The standard InChI is InChI=1S/C13H11ClN2O4/c14-9-2-4-11(12(5-9)16(19)20)15-7-8-1-3-10(17)6-13(8)18/h1-6,15,17-18H,7H2. The third-order valence-corrected chi connectivity index (χ3v) is 2.93. The third kappa shape index (κ3) is 3.10. The minimum Gasteiger partial charge on any atom is -0.508 e. The van der Waals surface area contributed by atoms with Gasteiger partial charge in [0.15, 0.2) is 0 Å².